The van der Waals surface area contributed by atoms with Crippen molar-refractivity contribution in [1.29, 1.82) is 0 Å². The van der Waals surface area contributed by atoms with Gasteiger partial charge < -0.3 is 15.4 Å². The van der Waals surface area contributed by atoms with Crippen LogP contribution in [-0.2, 0) is 9.53 Å². The van der Waals surface area contributed by atoms with E-state index in [4.69, 9.17) is 16.3 Å². The Labute approximate surface area is 168 Å². The molecule has 1 saturated heterocycles. The number of nitro groups is 1. The Hall–Kier alpha value is -2.19. The molecule has 0 aromatic heterocycles. The van der Waals surface area contributed by atoms with Crippen LogP contribution in [-0.4, -0.2) is 42.5 Å². The molecule has 2 fully saturated rings. The number of nitrogens with zero attached hydrogens (tertiary/aromatic N) is 1. The van der Waals surface area contributed by atoms with Gasteiger partial charge >= 0.3 is 0 Å². The zero-order chi connectivity index (χ0) is 20.3. The van der Waals surface area contributed by atoms with Gasteiger partial charge in [0.25, 0.3) is 11.6 Å². The number of ether oxygens (including phenoxy) is 1. The predicted octanol–water partition coefficient (Wildman–Crippen LogP) is 2.69. The van der Waals surface area contributed by atoms with Gasteiger partial charge in [-0.15, -0.1) is 0 Å². The molecule has 3 rings (SSSR count). The molecular formula is C19H24ClN3O5. The van der Waals surface area contributed by atoms with E-state index < -0.39 is 10.8 Å². The third-order valence-electron chi connectivity index (χ3n) is 5.75. The van der Waals surface area contributed by atoms with Crippen LogP contribution in [0.25, 0.3) is 0 Å². The van der Waals surface area contributed by atoms with E-state index in [-0.39, 0.29) is 40.2 Å². The fourth-order valence-corrected chi connectivity index (χ4v) is 4.33. The van der Waals surface area contributed by atoms with E-state index in [0.29, 0.717) is 18.9 Å². The van der Waals surface area contributed by atoms with Crippen molar-refractivity contribution in [2.75, 3.05) is 13.7 Å². The van der Waals surface area contributed by atoms with E-state index in [9.17, 15) is 19.7 Å². The lowest BCUT2D eigenvalue weighted by Gasteiger charge is -2.41. The standard InChI is InChI=1S/C19H24ClN3O5/c1-28-14-4-2-11-8-13(19(25)22-16(11)10-14)6-7-21-18(24)12-3-5-15(20)17(9-12)23(26)27/h3,5,9,11,13-14,16H,2,4,6-8,10H2,1H3,(H,21,24)(H,22,25). The first-order chi connectivity index (χ1) is 13.4. The molecule has 1 heterocycles. The summed E-state index contributed by atoms with van der Waals surface area (Å²) in [5, 5.41) is 16.8. The number of carbonyl (C=O) groups excluding carboxylic acids is 2. The highest BCUT2D eigenvalue weighted by Gasteiger charge is 2.39. The molecule has 1 aromatic rings. The summed E-state index contributed by atoms with van der Waals surface area (Å²) in [4.78, 5) is 35.0. The molecule has 2 N–H and O–H groups in total. The largest absolute Gasteiger partial charge is 0.381 e. The summed E-state index contributed by atoms with van der Waals surface area (Å²) in [7, 11) is 1.70. The Morgan fingerprint density at radius 1 is 1.39 bits per heavy atom. The van der Waals surface area contributed by atoms with E-state index in [2.05, 4.69) is 10.6 Å². The molecule has 1 aliphatic heterocycles. The minimum Gasteiger partial charge on any atom is -0.381 e. The first-order valence-electron chi connectivity index (χ1n) is 9.44. The number of nitro benzene ring substituents is 1. The van der Waals surface area contributed by atoms with Crippen LogP contribution in [0.1, 0.15) is 42.5 Å². The van der Waals surface area contributed by atoms with Crippen molar-refractivity contribution < 1.29 is 19.2 Å². The number of benzene rings is 1. The topological polar surface area (TPSA) is 111 Å². The monoisotopic (exact) mass is 409 g/mol. The molecule has 0 bridgehead atoms. The van der Waals surface area contributed by atoms with Gasteiger partial charge in [-0.2, -0.15) is 0 Å². The number of halogens is 1. The second-order valence-electron chi connectivity index (χ2n) is 7.45. The van der Waals surface area contributed by atoms with Crippen LogP contribution >= 0.6 is 11.6 Å². The van der Waals surface area contributed by atoms with Crippen LogP contribution in [0.5, 0.6) is 0 Å². The first kappa shape index (κ1) is 20.5. The van der Waals surface area contributed by atoms with Crippen LogP contribution in [0.4, 0.5) is 5.69 Å². The SMILES string of the molecule is COC1CCC2CC(CCNC(=O)c3ccc(Cl)c([N+](=O)[O-])c3)C(=O)NC2C1. The minimum atomic E-state index is -0.625. The summed E-state index contributed by atoms with van der Waals surface area (Å²) >= 11 is 5.77. The van der Waals surface area contributed by atoms with Crippen molar-refractivity contribution >= 4 is 29.1 Å². The van der Waals surface area contributed by atoms with Crippen molar-refractivity contribution in [3.63, 3.8) is 0 Å². The second kappa shape index (κ2) is 8.87. The van der Waals surface area contributed by atoms with E-state index in [1.165, 1.54) is 12.1 Å². The van der Waals surface area contributed by atoms with Crippen LogP contribution in [0.3, 0.4) is 0 Å². The van der Waals surface area contributed by atoms with Gasteiger partial charge in [-0.25, -0.2) is 0 Å². The Balaban J connectivity index is 1.51. The molecule has 28 heavy (non-hydrogen) atoms. The average Bonchev–Trinajstić information content (AvgIpc) is 2.67. The summed E-state index contributed by atoms with van der Waals surface area (Å²) in [6.45, 7) is 0.325. The van der Waals surface area contributed by atoms with Gasteiger partial charge in [0.1, 0.15) is 5.02 Å². The third kappa shape index (κ3) is 4.62. The normalized spacial score (nSPS) is 26.9. The first-order valence-corrected chi connectivity index (χ1v) is 9.82. The number of hydrogen-bond donors (Lipinski definition) is 2. The lowest BCUT2D eigenvalue weighted by molar-refractivity contribution is -0.384. The van der Waals surface area contributed by atoms with Crippen molar-refractivity contribution in [2.24, 2.45) is 11.8 Å². The summed E-state index contributed by atoms with van der Waals surface area (Å²) < 4.78 is 5.42. The molecule has 152 valence electrons. The Morgan fingerprint density at radius 3 is 2.89 bits per heavy atom. The van der Waals surface area contributed by atoms with Crippen LogP contribution in [0.2, 0.25) is 5.02 Å². The van der Waals surface area contributed by atoms with E-state index >= 15 is 0 Å². The Bertz CT molecular complexity index is 772. The van der Waals surface area contributed by atoms with Crippen molar-refractivity contribution in [2.45, 2.75) is 44.2 Å². The fourth-order valence-electron chi connectivity index (χ4n) is 4.15. The highest BCUT2D eigenvalue weighted by molar-refractivity contribution is 6.32. The van der Waals surface area contributed by atoms with Gasteiger partial charge in [-0.05, 0) is 50.2 Å². The maximum Gasteiger partial charge on any atom is 0.288 e. The molecular weight excluding hydrogens is 386 g/mol. The van der Waals surface area contributed by atoms with E-state index in [1.54, 1.807) is 7.11 Å². The zero-order valence-corrected chi connectivity index (χ0v) is 16.4. The molecule has 1 aliphatic carbocycles. The van der Waals surface area contributed by atoms with Crippen molar-refractivity contribution in [1.82, 2.24) is 10.6 Å². The van der Waals surface area contributed by atoms with Gasteiger partial charge in [-0.1, -0.05) is 11.6 Å². The number of carbonyl (C=O) groups is 2. The molecule has 4 atom stereocenters. The lowest BCUT2D eigenvalue weighted by atomic mass is 9.74. The number of fused-ring (bicyclic) bond motifs is 1. The minimum absolute atomic E-state index is 0.0156. The zero-order valence-electron chi connectivity index (χ0n) is 15.7. The molecule has 0 radical (unpaired) electrons. The van der Waals surface area contributed by atoms with Crippen molar-refractivity contribution in [3.8, 4) is 0 Å². The quantitative estimate of drug-likeness (QED) is 0.554. The molecule has 2 amide bonds. The van der Waals surface area contributed by atoms with Gasteiger partial charge in [0.2, 0.25) is 5.91 Å². The molecule has 0 spiro atoms. The number of amides is 2. The number of hydrogen-bond acceptors (Lipinski definition) is 5. The lowest BCUT2D eigenvalue weighted by Crippen LogP contribution is -2.53. The predicted molar refractivity (Wildman–Crippen MR) is 103 cm³/mol. The third-order valence-corrected chi connectivity index (χ3v) is 6.07. The second-order valence-corrected chi connectivity index (χ2v) is 7.85. The van der Waals surface area contributed by atoms with Crippen LogP contribution < -0.4 is 10.6 Å². The van der Waals surface area contributed by atoms with Crippen molar-refractivity contribution in [3.05, 3.63) is 38.9 Å². The summed E-state index contributed by atoms with van der Waals surface area (Å²) in [6.07, 6.45) is 4.44. The maximum atomic E-state index is 12.4. The molecule has 9 heteroatoms. The number of methoxy groups -OCH3 is 1. The van der Waals surface area contributed by atoms with Gasteiger partial charge in [0, 0.05) is 37.2 Å². The summed E-state index contributed by atoms with van der Waals surface area (Å²) in [6, 6.07) is 4.10. The number of piperidine rings is 1. The van der Waals surface area contributed by atoms with Crippen LogP contribution in [0.15, 0.2) is 18.2 Å². The van der Waals surface area contributed by atoms with Crippen LogP contribution in [0, 0.1) is 22.0 Å². The van der Waals surface area contributed by atoms with Gasteiger partial charge in [-0.3, -0.25) is 19.7 Å². The van der Waals surface area contributed by atoms with Gasteiger partial charge in [0.15, 0.2) is 0 Å². The fraction of sp³-hybridized carbons (Fsp3) is 0.579. The van der Waals surface area contributed by atoms with E-state index in [1.807, 2.05) is 0 Å². The molecule has 8 nitrogen and oxygen atoms in total. The average molecular weight is 410 g/mol. The van der Waals surface area contributed by atoms with E-state index in [0.717, 1.165) is 31.7 Å². The number of nitrogens with one attached hydrogen (secondary N) is 2. The highest BCUT2D eigenvalue weighted by atomic mass is 35.5. The summed E-state index contributed by atoms with van der Waals surface area (Å²) in [5.74, 6) is -0.0900. The number of rotatable bonds is 6. The molecule has 4 unspecified atom stereocenters. The highest BCUT2D eigenvalue weighted by Crippen LogP contribution is 2.35. The Morgan fingerprint density at radius 2 is 2.18 bits per heavy atom. The Kier molecular flexibility index (Phi) is 6.51. The van der Waals surface area contributed by atoms with Gasteiger partial charge in [0.05, 0.1) is 11.0 Å². The molecule has 2 aliphatic rings. The molecule has 1 saturated carbocycles. The molecule has 1 aromatic carbocycles. The maximum absolute atomic E-state index is 12.4. The smallest absolute Gasteiger partial charge is 0.288 e. The summed E-state index contributed by atoms with van der Waals surface area (Å²) in [5.41, 5.74) is -0.138.